The second-order valence-electron chi connectivity index (χ2n) is 8.58. The zero-order chi connectivity index (χ0) is 24.1. The number of hydrogen-bond acceptors (Lipinski definition) is 4. The second-order valence-corrected chi connectivity index (χ2v) is 9.75. The Bertz CT molecular complexity index is 896. The maximum atomic E-state index is 13.9. The minimum absolute atomic E-state index is 0.149. The summed E-state index contributed by atoms with van der Waals surface area (Å²) in [4.78, 5) is 24.5. The third-order valence-corrected chi connectivity index (χ3v) is 6.79. The molecule has 180 valence electrons. The second kappa shape index (κ2) is 14.9. The van der Waals surface area contributed by atoms with E-state index >= 15 is 0 Å². The number of ketones is 1. The van der Waals surface area contributed by atoms with Gasteiger partial charge in [-0.25, -0.2) is 4.39 Å². The number of aryl methyl sites for hydroxylation is 1. The molecular weight excluding hydrogens is 435 g/mol. The molecule has 5 heteroatoms. The highest BCUT2D eigenvalue weighted by molar-refractivity contribution is 7.99. The molecule has 2 rings (SSSR count). The van der Waals surface area contributed by atoms with Gasteiger partial charge in [0.25, 0.3) is 0 Å². The molecule has 2 aromatic carbocycles. The molecule has 2 aromatic rings. The van der Waals surface area contributed by atoms with Gasteiger partial charge in [0, 0.05) is 17.1 Å². The first-order chi connectivity index (χ1) is 15.9. The molecule has 33 heavy (non-hydrogen) atoms. The van der Waals surface area contributed by atoms with E-state index in [1.54, 1.807) is 24.8 Å². The van der Waals surface area contributed by atoms with Gasteiger partial charge >= 0.3 is 5.97 Å². The molecule has 0 aliphatic carbocycles. The van der Waals surface area contributed by atoms with Gasteiger partial charge in [0.1, 0.15) is 11.6 Å². The van der Waals surface area contributed by atoms with Gasteiger partial charge in [-0.2, -0.15) is 0 Å². The number of carbonyl (C=O) groups is 2. The number of halogens is 1. The number of ether oxygens (including phenoxy) is 1. The average molecular weight is 473 g/mol. The van der Waals surface area contributed by atoms with Crippen molar-refractivity contribution in [1.82, 2.24) is 0 Å². The third kappa shape index (κ3) is 10.1. The van der Waals surface area contributed by atoms with Crippen LogP contribution in [0, 0.1) is 11.7 Å². The topological polar surface area (TPSA) is 43.4 Å². The number of rotatable bonds is 15. The van der Waals surface area contributed by atoms with Crippen molar-refractivity contribution in [1.29, 1.82) is 0 Å². The number of thioether (sulfide) groups is 1. The molecule has 1 unspecified atom stereocenters. The number of unbranched alkanes of at least 4 members (excludes halogenated alkanes) is 1. The van der Waals surface area contributed by atoms with Crippen molar-refractivity contribution in [2.24, 2.45) is 5.92 Å². The number of esters is 1. The molecule has 3 nitrogen and oxygen atoms in total. The minimum atomic E-state index is -0.271. The van der Waals surface area contributed by atoms with Gasteiger partial charge in [0.05, 0.1) is 13.0 Å². The van der Waals surface area contributed by atoms with E-state index in [0.29, 0.717) is 31.1 Å². The summed E-state index contributed by atoms with van der Waals surface area (Å²) in [7, 11) is 0. The van der Waals surface area contributed by atoms with E-state index in [1.807, 2.05) is 12.1 Å². The SMILES string of the molecule is CCCCC(CC)COC(=O)CCSc1ccc(CCCC(C)=O)c(-c2cccc(F)c2)c1. The Balaban J connectivity index is 1.97. The maximum absolute atomic E-state index is 13.9. The van der Waals surface area contributed by atoms with Crippen LogP contribution in [-0.4, -0.2) is 24.1 Å². The summed E-state index contributed by atoms with van der Waals surface area (Å²) in [5, 5.41) is 0. The Labute approximate surface area is 202 Å². The van der Waals surface area contributed by atoms with Crippen LogP contribution in [0.5, 0.6) is 0 Å². The summed E-state index contributed by atoms with van der Waals surface area (Å²) in [5.74, 6) is 0.843. The number of benzene rings is 2. The smallest absolute Gasteiger partial charge is 0.306 e. The Morgan fingerprint density at radius 1 is 1.06 bits per heavy atom. The van der Waals surface area contributed by atoms with Crippen molar-refractivity contribution in [3.8, 4) is 11.1 Å². The lowest BCUT2D eigenvalue weighted by atomic mass is 9.96. The van der Waals surface area contributed by atoms with Crippen molar-refractivity contribution in [2.75, 3.05) is 12.4 Å². The molecule has 0 aromatic heterocycles. The minimum Gasteiger partial charge on any atom is -0.465 e. The first-order valence-corrected chi connectivity index (χ1v) is 13.1. The van der Waals surface area contributed by atoms with Gasteiger partial charge in [-0.15, -0.1) is 11.8 Å². The van der Waals surface area contributed by atoms with Crippen LogP contribution in [0.3, 0.4) is 0 Å². The summed E-state index contributed by atoms with van der Waals surface area (Å²) in [6.45, 7) is 6.43. The Hall–Kier alpha value is -2.14. The van der Waals surface area contributed by atoms with E-state index in [0.717, 1.165) is 53.7 Å². The Morgan fingerprint density at radius 3 is 2.58 bits per heavy atom. The van der Waals surface area contributed by atoms with Crippen LogP contribution in [0.15, 0.2) is 47.4 Å². The fourth-order valence-corrected chi connectivity index (χ4v) is 4.62. The maximum Gasteiger partial charge on any atom is 0.306 e. The van der Waals surface area contributed by atoms with Crippen LogP contribution in [0.2, 0.25) is 0 Å². The van der Waals surface area contributed by atoms with Gasteiger partial charge < -0.3 is 9.53 Å². The molecule has 0 aliphatic heterocycles. The fraction of sp³-hybridized carbons (Fsp3) is 0.500. The number of Topliss-reactive ketones (excluding diaryl/α,β-unsaturated/α-hetero) is 1. The zero-order valence-electron chi connectivity index (χ0n) is 20.2. The average Bonchev–Trinajstić information content (AvgIpc) is 2.79. The summed E-state index contributed by atoms with van der Waals surface area (Å²) in [6.07, 6.45) is 6.91. The fourth-order valence-electron chi connectivity index (χ4n) is 3.75. The van der Waals surface area contributed by atoms with E-state index in [9.17, 15) is 14.0 Å². The molecule has 0 saturated carbocycles. The predicted octanol–water partition coefficient (Wildman–Crippen LogP) is 7.65. The van der Waals surface area contributed by atoms with Gasteiger partial charge in [0.15, 0.2) is 0 Å². The van der Waals surface area contributed by atoms with Crippen LogP contribution >= 0.6 is 11.8 Å². The number of carbonyl (C=O) groups excluding carboxylic acids is 2. The quantitative estimate of drug-likeness (QED) is 0.197. The molecule has 1 atom stereocenters. The predicted molar refractivity (Wildman–Crippen MR) is 135 cm³/mol. The van der Waals surface area contributed by atoms with Crippen molar-refractivity contribution in [2.45, 2.75) is 77.0 Å². The Kier molecular flexibility index (Phi) is 12.2. The van der Waals surface area contributed by atoms with Crippen molar-refractivity contribution >= 4 is 23.5 Å². The molecule has 0 heterocycles. The molecule has 0 radical (unpaired) electrons. The van der Waals surface area contributed by atoms with Gasteiger partial charge in [-0.3, -0.25) is 4.79 Å². The lowest BCUT2D eigenvalue weighted by Crippen LogP contribution is -2.14. The van der Waals surface area contributed by atoms with Crippen molar-refractivity contribution in [3.05, 3.63) is 53.8 Å². The number of hydrogen-bond donors (Lipinski definition) is 0. The summed E-state index contributed by atoms with van der Waals surface area (Å²) >= 11 is 1.60. The van der Waals surface area contributed by atoms with E-state index in [4.69, 9.17) is 4.74 Å². The molecular formula is C28H37FO3S. The monoisotopic (exact) mass is 472 g/mol. The van der Waals surface area contributed by atoms with Gasteiger partial charge in [-0.05, 0) is 73.1 Å². The molecule has 0 saturated heterocycles. The highest BCUT2D eigenvalue weighted by atomic mass is 32.2. The van der Waals surface area contributed by atoms with Crippen LogP contribution < -0.4 is 0 Å². The molecule has 0 aliphatic rings. The van der Waals surface area contributed by atoms with E-state index in [2.05, 4.69) is 26.0 Å². The van der Waals surface area contributed by atoms with Gasteiger partial charge in [-0.1, -0.05) is 51.3 Å². The molecule has 0 fully saturated rings. The largest absolute Gasteiger partial charge is 0.465 e. The van der Waals surface area contributed by atoms with Crippen LogP contribution in [0.4, 0.5) is 4.39 Å². The summed E-state index contributed by atoms with van der Waals surface area (Å²) < 4.78 is 19.4. The summed E-state index contributed by atoms with van der Waals surface area (Å²) in [6, 6.07) is 12.8. The lowest BCUT2D eigenvalue weighted by Gasteiger charge is -2.15. The highest BCUT2D eigenvalue weighted by Crippen LogP contribution is 2.31. The van der Waals surface area contributed by atoms with Crippen LogP contribution in [-0.2, 0) is 20.7 Å². The molecule has 0 amide bonds. The van der Waals surface area contributed by atoms with Crippen molar-refractivity contribution in [3.63, 3.8) is 0 Å². The Morgan fingerprint density at radius 2 is 1.88 bits per heavy atom. The summed E-state index contributed by atoms with van der Waals surface area (Å²) in [5.41, 5.74) is 2.91. The zero-order valence-corrected chi connectivity index (χ0v) is 21.0. The van der Waals surface area contributed by atoms with Crippen molar-refractivity contribution < 1.29 is 18.7 Å². The van der Waals surface area contributed by atoms with Gasteiger partial charge in [0.2, 0.25) is 0 Å². The first-order valence-electron chi connectivity index (χ1n) is 12.1. The molecule has 0 spiro atoms. The van der Waals surface area contributed by atoms with Crippen LogP contribution in [0.1, 0.15) is 71.3 Å². The normalized spacial score (nSPS) is 11.9. The highest BCUT2D eigenvalue weighted by Gasteiger charge is 2.12. The van der Waals surface area contributed by atoms with Crippen LogP contribution in [0.25, 0.3) is 11.1 Å². The third-order valence-electron chi connectivity index (χ3n) is 5.79. The lowest BCUT2D eigenvalue weighted by molar-refractivity contribution is -0.144. The molecule has 0 bridgehead atoms. The van der Waals surface area contributed by atoms with E-state index in [-0.39, 0.29) is 17.6 Å². The first kappa shape index (κ1) is 27.1. The van der Waals surface area contributed by atoms with E-state index in [1.165, 1.54) is 18.6 Å². The standard InChI is InChI=1S/C28H37FO3S/c1-4-6-10-22(5-2)20-32-28(31)16-17-33-26-15-14-23(11-7-9-21(3)30)27(19-26)24-12-8-13-25(29)18-24/h8,12-15,18-19,22H,4-7,9-11,16-17,20H2,1-3H3. The molecule has 0 N–H and O–H groups in total. The van der Waals surface area contributed by atoms with E-state index < -0.39 is 0 Å².